The number of hydrogen-bond acceptors (Lipinski definition) is 2. The van der Waals surface area contributed by atoms with Gasteiger partial charge in [-0.1, -0.05) is 42.8 Å². The topological polar surface area (TPSA) is 46.3 Å². The van der Waals surface area contributed by atoms with Gasteiger partial charge in [-0.15, -0.1) is 0 Å². The number of hydrogen-bond donors (Lipinski definition) is 1. The molecule has 3 nitrogen and oxygen atoms in total. The molecule has 2 atom stereocenters. The lowest BCUT2D eigenvalue weighted by Crippen LogP contribution is -2.52. The van der Waals surface area contributed by atoms with E-state index in [2.05, 4.69) is 41.3 Å². The molecule has 3 aliphatic rings. The van der Waals surface area contributed by atoms with Gasteiger partial charge in [-0.05, 0) is 105 Å². The molecule has 1 saturated carbocycles. The summed E-state index contributed by atoms with van der Waals surface area (Å²) >= 11 is 0. The molecule has 2 N–H and O–H groups in total. The first-order chi connectivity index (χ1) is 14.6. The average Bonchev–Trinajstić information content (AvgIpc) is 3.18. The van der Waals surface area contributed by atoms with Crippen molar-refractivity contribution in [1.82, 2.24) is 4.90 Å². The van der Waals surface area contributed by atoms with Crippen LogP contribution in [-0.4, -0.2) is 29.9 Å². The minimum Gasteiger partial charge on any atom is -0.366 e. The Morgan fingerprint density at radius 2 is 1.87 bits per heavy atom. The maximum atomic E-state index is 11.7. The molecule has 0 spiro atoms. The molecule has 2 unspecified atom stereocenters. The van der Waals surface area contributed by atoms with Crippen LogP contribution in [0.1, 0.15) is 72.0 Å². The van der Waals surface area contributed by atoms with E-state index in [0.717, 1.165) is 5.92 Å². The summed E-state index contributed by atoms with van der Waals surface area (Å²) in [5.74, 6) is 0.529. The van der Waals surface area contributed by atoms with E-state index in [1.165, 1.54) is 76.4 Å². The number of nitrogens with two attached hydrogens (primary N) is 1. The highest BCUT2D eigenvalue weighted by Gasteiger charge is 2.43. The van der Waals surface area contributed by atoms with Crippen molar-refractivity contribution < 1.29 is 4.79 Å². The number of fused-ring (bicyclic) bond motifs is 3. The fourth-order valence-corrected chi connectivity index (χ4v) is 6.55. The first-order valence-electron chi connectivity index (χ1n) is 11.8. The molecule has 1 amide bonds. The van der Waals surface area contributed by atoms with E-state index in [1.54, 1.807) is 11.1 Å². The highest BCUT2D eigenvalue weighted by Crippen LogP contribution is 2.47. The van der Waals surface area contributed by atoms with Crippen LogP contribution in [0.25, 0.3) is 0 Å². The van der Waals surface area contributed by atoms with Crippen molar-refractivity contribution in [2.45, 2.75) is 69.2 Å². The normalized spacial score (nSPS) is 26.5. The van der Waals surface area contributed by atoms with Gasteiger partial charge < -0.3 is 10.6 Å². The van der Waals surface area contributed by atoms with Crippen LogP contribution in [0.5, 0.6) is 0 Å². The van der Waals surface area contributed by atoms with E-state index in [0.29, 0.717) is 11.6 Å². The molecular weight excluding hydrogens is 368 g/mol. The standard InChI is InChI=1S/C27H34N2O/c28-26(30)23-9-3-10-24(18-23)27-12-4-11-25(19-27)29(15-13-27)14-5-6-20-16-21-7-1-2-8-22(21)17-20/h1-3,7-10,18,20,25H,4-6,11-17,19H2,(H2,28,30). The van der Waals surface area contributed by atoms with Gasteiger partial charge in [0, 0.05) is 11.6 Å². The number of primary amides is 1. The second-order valence-corrected chi connectivity index (χ2v) is 9.95. The number of benzene rings is 2. The fraction of sp³-hybridized carbons (Fsp3) is 0.519. The maximum absolute atomic E-state index is 11.7. The Morgan fingerprint density at radius 3 is 2.63 bits per heavy atom. The molecule has 0 radical (unpaired) electrons. The van der Waals surface area contributed by atoms with Gasteiger partial charge in [0.1, 0.15) is 0 Å². The molecule has 1 aliphatic heterocycles. The molecule has 2 fully saturated rings. The molecule has 1 saturated heterocycles. The predicted octanol–water partition coefficient (Wildman–Crippen LogP) is 4.87. The fourth-order valence-electron chi connectivity index (χ4n) is 6.55. The largest absolute Gasteiger partial charge is 0.366 e. The van der Waals surface area contributed by atoms with E-state index < -0.39 is 0 Å². The summed E-state index contributed by atoms with van der Waals surface area (Å²) in [6.45, 7) is 2.44. The Hall–Kier alpha value is -2.13. The van der Waals surface area contributed by atoms with Crippen molar-refractivity contribution in [3.8, 4) is 0 Å². The second kappa shape index (κ2) is 8.19. The average molecular weight is 403 g/mol. The van der Waals surface area contributed by atoms with Crippen molar-refractivity contribution in [3.63, 3.8) is 0 Å². The molecule has 1 heterocycles. The van der Waals surface area contributed by atoms with Crippen LogP contribution >= 0.6 is 0 Å². The van der Waals surface area contributed by atoms with Crippen LogP contribution in [0.4, 0.5) is 0 Å². The van der Waals surface area contributed by atoms with Crippen LogP contribution < -0.4 is 5.73 Å². The highest BCUT2D eigenvalue weighted by molar-refractivity contribution is 5.92. The third-order valence-electron chi connectivity index (χ3n) is 8.17. The Balaban J connectivity index is 1.18. The summed E-state index contributed by atoms with van der Waals surface area (Å²) in [5, 5.41) is 0. The first kappa shape index (κ1) is 19.8. The van der Waals surface area contributed by atoms with Crippen molar-refractivity contribution >= 4 is 5.91 Å². The number of carbonyl (C=O) groups excluding carboxylic acids is 1. The maximum Gasteiger partial charge on any atom is 0.248 e. The summed E-state index contributed by atoms with van der Waals surface area (Å²) in [6.07, 6.45) is 11.5. The predicted molar refractivity (Wildman–Crippen MR) is 122 cm³/mol. The van der Waals surface area contributed by atoms with Crippen LogP contribution in [0.3, 0.4) is 0 Å². The Kier molecular flexibility index (Phi) is 5.41. The van der Waals surface area contributed by atoms with E-state index in [1.807, 2.05) is 12.1 Å². The number of rotatable bonds is 6. The lowest BCUT2D eigenvalue weighted by molar-refractivity contribution is 0.0496. The van der Waals surface area contributed by atoms with Gasteiger partial charge in [0.2, 0.25) is 5.91 Å². The number of carbonyl (C=O) groups is 1. The highest BCUT2D eigenvalue weighted by atomic mass is 16.1. The van der Waals surface area contributed by atoms with E-state index >= 15 is 0 Å². The summed E-state index contributed by atoms with van der Waals surface area (Å²) in [6, 6.07) is 17.8. The number of likely N-dealkylation sites (tertiary alicyclic amines) is 1. The van der Waals surface area contributed by atoms with Gasteiger partial charge >= 0.3 is 0 Å². The monoisotopic (exact) mass is 402 g/mol. The molecular formula is C27H34N2O. The number of nitrogens with zero attached hydrogens (tertiary/aromatic N) is 1. The molecule has 2 aromatic rings. The summed E-state index contributed by atoms with van der Waals surface area (Å²) in [7, 11) is 0. The molecule has 30 heavy (non-hydrogen) atoms. The zero-order valence-corrected chi connectivity index (χ0v) is 18.0. The van der Waals surface area contributed by atoms with Gasteiger partial charge in [-0.2, -0.15) is 0 Å². The third-order valence-corrected chi connectivity index (χ3v) is 8.17. The van der Waals surface area contributed by atoms with Crippen LogP contribution in [0.15, 0.2) is 48.5 Å². The van der Waals surface area contributed by atoms with Gasteiger partial charge in [-0.25, -0.2) is 0 Å². The van der Waals surface area contributed by atoms with E-state index in [9.17, 15) is 4.79 Å². The second-order valence-electron chi connectivity index (χ2n) is 9.95. The first-order valence-corrected chi connectivity index (χ1v) is 11.8. The van der Waals surface area contributed by atoms with Crippen molar-refractivity contribution in [1.29, 1.82) is 0 Å². The van der Waals surface area contributed by atoms with Crippen LogP contribution in [0, 0.1) is 5.92 Å². The van der Waals surface area contributed by atoms with E-state index in [4.69, 9.17) is 5.73 Å². The molecule has 2 aliphatic carbocycles. The Morgan fingerprint density at radius 1 is 1.07 bits per heavy atom. The van der Waals surface area contributed by atoms with Crippen LogP contribution in [0.2, 0.25) is 0 Å². The van der Waals surface area contributed by atoms with Gasteiger partial charge in [0.25, 0.3) is 0 Å². The molecule has 3 heteroatoms. The summed E-state index contributed by atoms with van der Waals surface area (Å²) in [5.41, 5.74) is 11.0. The minimum absolute atomic E-state index is 0.248. The Labute approximate surface area is 180 Å². The lowest BCUT2D eigenvalue weighted by atomic mass is 9.63. The number of piperidine rings is 1. The molecule has 0 aromatic heterocycles. The third kappa shape index (κ3) is 3.80. The zero-order valence-electron chi connectivity index (χ0n) is 18.0. The lowest BCUT2D eigenvalue weighted by Gasteiger charge is -2.51. The van der Waals surface area contributed by atoms with Crippen molar-refractivity contribution in [2.75, 3.05) is 13.1 Å². The Bertz CT molecular complexity index is 898. The minimum atomic E-state index is -0.313. The number of amides is 1. The van der Waals surface area contributed by atoms with Gasteiger partial charge in [0.15, 0.2) is 0 Å². The molecule has 2 aromatic carbocycles. The molecule has 5 rings (SSSR count). The van der Waals surface area contributed by atoms with Crippen molar-refractivity contribution in [2.24, 2.45) is 11.7 Å². The quantitative estimate of drug-likeness (QED) is 0.749. The molecule has 158 valence electrons. The van der Waals surface area contributed by atoms with E-state index in [-0.39, 0.29) is 11.3 Å². The molecule has 2 bridgehead atoms. The SMILES string of the molecule is NC(=O)c1cccc(C23CCCC(C2)N(CCCC2Cc4ccccc4C2)CC3)c1. The zero-order chi connectivity index (χ0) is 20.6. The summed E-state index contributed by atoms with van der Waals surface area (Å²) in [4.78, 5) is 14.4. The van der Waals surface area contributed by atoms with Gasteiger partial charge in [-0.3, -0.25) is 4.79 Å². The van der Waals surface area contributed by atoms with Crippen LogP contribution in [-0.2, 0) is 18.3 Å². The smallest absolute Gasteiger partial charge is 0.248 e. The van der Waals surface area contributed by atoms with Crippen molar-refractivity contribution in [3.05, 3.63) is 70.8 Å². The summed E-state index contributed by atoms with van der Waals surface area (Å²) < 4.78 is 0. The van der Waals surface area contributed by atoms with Gasteiger partial charge in [0.05, 0.1) is 0 Å².